The van der Waals surface area contributed by atoms with E-state index >= 15 is 0 Å². The third kappa shape index (κ3) is 2.10. The average molecular weight is 197 g/mol. The second-order valence-corrected chi connectivity index (χ2v) is 4.14. The number of halogens is 1. The van der Waals surface area contributed by atoms with Crippen LogP contribution in [0.1, 0.15) is 39.5 Å². The van der Waals surface area contributed by atoms with Crippen LogP contribution in [0.25, 0.3) is 0 Å². The smallest absolute Gasteiger partial charge is 1.00 e. The molecule has 0 aromatic heterocycles. The van der Waals surface area contributed by atoms with Crippen molar-refractivity contribution in [3.63, 3.8) is 0 Å². The van der Waals surface area contributed by atoms with Crippen molar-refractivity contribution in [3.8, 4) is 0 Å². The third-order valence-corrected chi connectivity index (χ3v) is 3.85. The van der Waals surface area contributed by atoms with Gasteiger partial charge in [0.1, 0.15) is 0 Å². The molecule has 3 aliphatic rings. The van der Waals surface area contributed by atoms with Crippen molar-refractivity contribution in [1.29, 1.82) is 0 Å². The van der Waals surface area contributed by atoms with Gasteiger partial charge in [-0.05, 0) is 5.92 Å². The van der Waals surface area contributed by atoms with Crippen LogP contribution in [-0.4, -0.2) is 23.1 Å². The molecule has 3 saturated carbocycles. The maximum absolute atomic E-state index is 2.44. The van der Waals surface area contributed by atoms with Crippen LogP contribution in [0.4, 0.5) is 0 Å². The van der Waals surface area contributed by atoms with Gasteiger partial charge in [-0.1, -0.05) is 32.6 Å². The molecule has 2 bridgehead atoms. The van der Waals surface area contributed by atoms with E-state index in [9.17, 15) is 0 Å². The Balaban J connectivity index is 0.000000605. The van der Waals surface area contributed by atoms with E-state index in [4.69, 9.17) is 0 Å². The molecule has 0 amide bonds. The fourth-order valence-electron chi connectivity index (χ4n) is 2.77. The molecule has 0 radical (unpaired) electrons. The molecule has 3 rings (SSSR count). The van der Waals surface area contributed by atoms with E-state index in [-0.39, 0.29) is 35.5 Å². The quantitative estimate of drug-likeness (QED) is 0.368. The minimum atomic E-state index is 0. The first-order valence-corrected chi connectivity index (χ1v) is 4.63. The molecule has 3 aliphatic carbocycles. The molecule has 0 nitrogen and oxygen atoms in total. The third-order valence-electron chi connectivity index (χ3n) is 3.85. The van der Waals surface area contributed by atoms with Crippen LogP contribution in [-0.2, 0) is 0 Å². The van der Waals surface area contributed by atoms with Crippen LogP contribution >= 0.6 is 0 Å². The zero-order valence-corrected chi connectivity index (χ0v) is 10.3. The molecule has 0 spiro atoms. The summed E-state index contributed by atoms with van der Waals surface area (Å²) < 4.78 is 0. The van der Waals surface area contributed by atoms with Crippen molar-refractivity contribution in [2.75, 3.05) is 0 Å². The van der Waals surface area contributed by atoms with Crippen molar-refractivity contribution in [2.24, 2.45) is 17.8 Å². The second kappa shape index (κ2) is 5.07. The average Bonchev–Trinajstić information content (AvgIpc) is 2.00. The maximum Gasteiger partial charge on any atom is 2.00 e. The molecule has 0 aromatic carbocycles. The monoisotopic (exact) mass is 196 g/mol. The molecule has 2 heteroatoms. The first kappa shape index (κ1) is 13.1. The molecule has 0 heterocycles. The van der Waals surface area contributed by atoms with Gasteiger partial charge < -0.3 is 18.3 Å². The first-order valence-electron chi connectivity index (χ1n) is 4.63. The summed E-state index contributed by atoms with van der Waals surface area (Å²) in [4.78, 5) is 0. The normalized spacial score (nSPS) is 40.0. The first-order chi connectivity index (χ1) is 4.79. The van der Waals surface area contributed by atoms with Gasteiger partial charge in [0.05, 0.1) is 0 Å². The van der Waals surface area contributed by atoms with E-state index < -0.39 is 0 Å². The Kier molecular flexibility index (Phi) is 5.51. The fraction of sp³-hybridized carbons (Fsp3) is 0.900. The van der Waals surface area contributed by atoms with Gasteiger partial charge in [0.25, 0.3) is 0 Å². The van der Waals surface area contributed by atoms with Crippen LogP contribution in [0, 0.1) is 23.7 Å². The predicted molar refractivity (Wildman–Crippen MR) is 49.3 cm³/mol. The van der Waals surface area contributed by atoms with Crippen LogP contribution in [0.5, 0.6) is 0 Å². The van der Waals surface area contributed by atoms with Crippen LogP contribution in [0.2, 0.25) is 0 Å². The Morgan fingerprint density at radius 1 is 1.08 bits per heavy atom. The van der Waals surface area contributed by atoms with E-state index in [1.165, 1.54) is 25.7 Å². The van der Waals surface area contributed by atoms with Gasteiger partial charge in [0.2, 0.25) is 0 Å². The second-order valence-electron chi connectivity index (χ2n) is 4.14. The minimum Gasteiger partial charge on any atom is -1.00 e. The van der Waals surface area contributed by atoms with Gasteiger partial charge in [-0.2, -0.15) is 18.8 Å². The zero-order valence-electron chi connectivity index (χ0n) is 8.15. The Morgan fingerprint density at radius 3 is 1.83 bits per heavy atom. The van der Waals surface area contributed by atoms with E-state index in [2.05, 4.69) is 13.8 Å². The van der Waals surface area contributed by atoms with Crippen molar-refractivity contribution in [2.45, 2.75) is 39.5 Å². The van der Waals surface area contributed by atoms with Gasteiger partial charge in [-0.15, -0.1) is 0 Å². The van der Waals surface area contributed by atoms with Crippen molar-refractivity contribution >= 4 is 23.1 Å². The molecule has 0 N–H and O–H groups in total. The summed E-state index contributed by atoms with van der Waals surface area (Å²) in [5, 5.41) is 0. The summed E-state index contributed by atoms with van der Waals surface area (Å²) in [5.41, 5.74) is 0. The molecular formula is C10H17ClMg. The van der Waals surface area contributed by atoms with Crippen molar-refractivity contribution in [3.05, 3.63) is 5.92 Å². The Bertz CT molecular complexity index is 110. The van der Waals surface area contributed by atoms with Crippen molar-refractivity contribution in [1.82, 2.24) is 0 Å². The van der Waals surface area contributed by atoms with E-state index in [1.807, 2.05) is 5.92 Å². The van der Waals surface area contributed by atoms with E-state index in [0.29, 0.717) is 0 Å². The summed E-state index contributed by atoms with van der Waals surface area (Å²) in [6.07, 6.45) is 5.91. The topological polar surface area (TPSA) is 0 Å². The number of rotatable bonds is 0. The van der Waals surface area contributed by atoms with Gasteiger partial charge >= 0.3 is 23.1 Å². The molecular weight excluding hydrogens is 180 g/mol. The molecule has 0 saturated heterocycles. The maximum atomic E-state index is 2.44. The zero-order chi connectivity index (χ0) is 7.14. The Morgan fingerprint density at radius 2 is 1.58 bits per heavy atom. The summed E-state index contributed by atoms with van der Waals surface area (Å²) in [5.74, 6) is 4.90. The minimum absolute atomic E-state index is 0. The molecule has 3 fully saturated rings. The van der Waals surface area contributed by atoms with Crippen LogP contribution < -0.4 is 12.4 Å². The van der Waals surface area contributed by atoms with Gasteiger partial charge in [0.15, 0.2) is 0 Å². The molecule has 66 valence electrons. The Hall–Kier alpha value is 1.06. The summed E-state index contributed by atoms with van der Waals surface area (Å²) in [6, 6.07) is 0. The summed E-state index contributed by atoms with van der Waals surface area (Å²) >= 11 is 0. The molecule has 0 aliphatic heterocycles. The summed E-state index contributed by atoms with van der Waals surface area (Å²) in [6.45, 7) is 4.86. The number of hydrogen-bond acceptors (Lipinski definition) is 0. The van der Waals surface area contributed by atoms with E-state index in [1.54, 1.807) is 0 Å². The predicted octanol–water partition coefficient (Wildman–Crippen LogP) is -0.340. The molecule has 2 unspecified atom stereocenters. The number of fused-ring (bicyclic) bond motifs is 3. The molecule has 2 atom stereocenters. The van der Waals surface area contributed by atoms with Gasteiger partial charge in [-0.25, -0.2) is 0 Å². The van der Waals surface area contributed by atoms with Crippen LogP contribution in [0.3, 0.4) is 0 Å². The van der Waals surface area contributed by atoms with Gasteiger partial charge in [-0.3, -0.25) is 0 Å². The Labute approximate surface area is 98.4 Å². The van der Waals surface area contributed by atoms with Crippen molar-refractivity contribution < 1.29 is 12.4 Å². The van der Waals surface area contributed by atoms with Gasteiger partial charge in [0, 0.05) is 0 Å². The molecule has 0 aromatic rings. The molecule has 12 heavy (non-hydrogen) atoms. The standard InChI is InChI=1S/C10H17.ClH.Mg/c1-7-8(2)10-5-3-9(7)4-6-10;;/h7-9H,3-6H2,1-2H3;1H;/q-1;;+2/p-1. The van der Waals surface area contributed by atoms with Crippen LogP contribution in [0.15, 0.2) is 0 Å². The fourth-order valence-corrected chi connectivity index (χ4v) is 2.77. The largest absolute Gasteiger partial charge is 2.00 e. The van der Waals surface area contributed by atoms with E-state index in [0.717, 1.165) is 17.8 Å². The SMILES string of the molecule is CC1[C-]2CCC(CC2)C1C.[Cl-].[Mg+2]. The number of hydrogen-bond donors (Lipinski definition) is 0. The summed E-state index contributed by atoms with van der Waals surface area (Å²) in [7, 11) is 0.